The monoisotopic (exact) mass is 296 g/mol. The number of rotatable bonds is 4. The first-order valence-corrected chi connectivity index (χ1v) is 6.58. The fraction of sp³-hybridized carbons (Fsp3) is 0.0625. The quantitative estimate of drug-likeness (QED) is 0.589. The average Bonchev–Trinajstić information content (AvgIpc) is 2.54. The van der Waals surface area contributed by atoms with Gasteiger partial charge in [0.05, 0.1) is 17.0 Å². The zero-order chi connectivity index (χ0) is 15.5. The summed E-state index contributed by atoms with van der Waals surface area (Å²) in [6, 6.07) is 13.2. The summed E-state index contributed by atoms with van der Waals surface area (Å²) in [7, 11) is 0. The van der Waals surface area contributed by atoms with Crippen LogP contribution in [0, 0.1) is 10.1 Å². The molecule has 0 fully saturated rings. The lowest BCUT2D eigenvalue weighted by Gasteiger charge is -2.08. The maximum atomic E-state index is 11.1. The Hall–Kier alpha value is -2.99. The second-order valence-electron chi connectivity index (χ2n) is 4.68. The minimum atomic E-state index is -0.515. The summed E-state index contributed by atoms with van der Waals surface area (Å²) in [5.41, 5.74) is 1.21. The molecule has 3 aromatic rings. The molecule has 0 saturated carbocycles. The number of aliphatic hydroxyl groups is 1. The summed E-state index contributed by atoms with van der Waals surface area (Å²) in [6.07, 6.45) is 1.69. The SMILES string of the molecule is O=[N+]([O-])c1ccc(CO)cc1Oc1ccc2ncccc2c1. The lowest BCUT2D eigenvalue weighted by Crippen LogP contribution is -1.95. The maximum Gasteiger partial charge on any atom is 0.311 e. The summed E-state index contributed by atoms with van der Waals surface area (Å²) in [4.78, 5) is 14.8. The first-order chi connectivity index (χ1) is 10.7. The number of nitro groups is 1. The number of ether oxygens (including phenoxy) is 1. The summed E-state index contributed by atoms with van der Waals surface area (Å²) >= 11 is 0. The van der Waals surface area contributed by atoms with Crippen molar-refractivity contribution in [2.24, 2.45) is 0 Å². The van der Waals surface area contributed by atoms with Crippen LogP contribution >= 0.6 is 0 Å². The van der Waals surface area contributed by atoms with E-state index < -0.39 is 4.92 Å². The van der Waals surface area contributed by atoms with Crippen LogP contribution in [0.2, 0.25) is 0 Å². The Morgan fingerprint density at radius 3 is 2.82 bits per heavy atom. The van der Waals surface area contributed by atoms with Gasteiger partial charge in [0.25, 0.3) is 0 Å². The number of pyridine rings is 1. The molecule has 0 bridgehead atoms. The van der Waals surface area contributed by atoms with Crippen molar-refractivity contribution in [3.05, 3.63) is 70.4 Å². The van der Waals surface area contributed by atoms with Crippen LogP contribution in [0.5, 0.6) is 11.5 Å². The van der Waals surface area contributed by atoms with Crippen molar-refractivity contribution >= 4 is 16.6 Å². The van der Waals surface area contributed by atoms with E-state index >= 15 is 0 Å². The number of fused-ring (bicyclic) bond motifs is 1. The van der Waals surface area contributed by atoms with Crippen LogP contribution in [0.4, 0.5) is 5.69 Å². The molecule has 6 nitrogen and oxygen atoms in total. The van der Waals surface area contributed by atoms with E-state index in [0.717, 1.165) is 10.9 Å². The maximum absolute atomic E-state index is 11.1. The van der Waals surface area contributed by atoms with Crippen LogP contribution in [-0.2, 0) is 6.61 Å². The summed E-state index contributed by atoms with van der Waals surface area (Å²) < 4.78 is 5.64. The topological polar surface area (TPSA) is 85.5 Å². The van der Waals surface area contributed by atoms with Crippen LogP contribution in [0.3, 0.4) is 0 Å². The van der Waals surface area contributed by atoms with Crippen LogP contribution in [0.25, 0.3) is 10.9 Å². The van der Waals surface area contributed by atoms with E-state index in [2.05, 4.69) is 4.98 Å². The molecule has 22 heavy (non-hydrogen) atoms. The molecule has 0 spiro atoms. The van der Waals surface area contributed by atoms with Gasteiger partial charge in [-0.15, -0.1) is 0 Å². The fourth-order valence-corrected chi connectivity index (χ4v) is 2.13. The minimum Gasteiger partial charge on any atom is -0.450 e. The summed E-state index contributed by atoms with van der Waals surface area (Å²) in [5.74, 6) is 0.568. The van der Waals surface area contributed by atoms with Gasteiger partial charge >= 0.3 is 5.69 Å². The van der Waals surface area contributed by atoms with Crippen molar-refractivity contribution < 1.29 is 14.8 Å². The highest BCUT2D eigenvalue weighted by Gasteiger charge is 2.16. The van der Waals surface area contributed by atoms with Crippen molar-refractivity contribution in [2.45, 2.75) is 6.61 Å². The molecule has 0 radical (unpaired) electrons. The van der Waals surface area contributed by atoms with Gasteiger partial charge in [0.2, 0.25) is 5.75 Å². The molecular formula is C16H12N2O4. The van der Waals surface area contributed by atoms with Crippen LogP contribution < -0.4 is 4.74 Å². The highest BCUT2D eigenvalue weighted by molar-refractivity contribution is 5.79. The first-order valence-electron chi connectivity index (χ1n) is 6.58. The fourth-order valence-electron chi connectivity index (χ4n) is 2.13. The molecule has 2 aromatic carbocycles. The van der Waals surface area contributed by atoms with Gasteiger partial charge < -0.3 is 9.84 Å². The standard InChI is InChI=1S/C16H12N2O4/c19-10-11-3-6-15(18(20)21)16(8-11)22-13-4-5-14-12(9-13)2-1-7-17-14/h1-9,19H,10H2. The third-order valence-electron chi connectivity index (χ3n) is 3.21. The molecule has 3 rings (SSSR count). The van der Waals surface area contributed by atoms with E-state index in [9.17, 15) is 10.1 Å². The first kappa shape index (κ1) is 14.0. The zero-order valence-electron chi connectivity index (χ0n) is 11.5. The van der Waals surface area contributed by atoms with E-state index in [1.807, 2.05) is 6.07 Å². The summed E-state index contributed by atoms with van der Waals surface area (Å²) in [6.45, 7) is -0.212. The molecule has 1 N–H and O–H groups in total. The van der Waals surface area contributed by atoms with Gasteiger partial charge in [-0.3, -0.25) is 15.1 Å². The molecule has 110 valence electrons. The van der Waals surface area contributed by atoms with Gasteiger partial charge in [0.1, 0.15) is 5.75 Å². The lowest BCUT2D eigenvalue weighted by molar-refractivity contribution is -0.385. The largest absolute Gasteiger partial charge is 0.450 e. The van der Waals surface area contributed by atoms with Gasteiger partial charge in [-0.25, -0.2) is 0 Å². The highest BCUT2D eigenvalue weighted by atomic mass is 16.6. The van der Waals surface area contributed by atoms with Crippen LogP contribution in [0.1, 0.15) is 5.56 Å². The van der Waals surface area contributed by atoms with Gasteiger partial charge in [-0.1, -0.05) is 6.07 Å². The molecule has 1 heterocycles. The molecular weight excluding hydrogens is 284 g/mol. The predicted octanol–water partition coefficient (Wildman–Crippen LogP) is 3.43. The van der Waals surface area contributed by atoms with Crippen LogP contribution in [-0.4, -0.2) is 15.0 Å². The van der Waals surface area contributed by atoms with Crippen molar-refractivity contribution in [1.29, 1.82) is 0 Å². The molecule has 0 aliphatic heterocycles. The second kappa shape index (κ2) is 5.79. The van der Waals surface area contributed by atoms with Gasteiger partial charge in [-0.2, -0.15) is 0 Å². The molecule has 0 atom stereocenters. The summed E-state index contributed by atoms with van der Waals surface area (Å²) in [5, 5.41) is 21.1. The minimum absolute atomic E-state index is 0.0970. The number of benzene rings is 2. The van der Waals surface area contributed by atoms with E-state index in [1.54, 1.807) is 30.5 Å². The highest BCUT2D eigenvalue weighted by Crippen LogP contribution is 2.33. The molecule has 0 aliphatic rings. The van der Waals surface area contributed by atoms with Crippen molar-refractivity contribution in [1.82, 2.24) is 4.98 Å². The van der Waals surface area contributed by atoms with E-state index in [1.165, 1.54) is 18.2 Å². The van der Waals surface area contributed by atoms with E-state index in [-0.39, 0.29) is 18.0 Å². The number of aliphatic hydroxyl groups excluding tert-OH is 1. The molecule has 0 saturated heterocycles. The average molecular weight is 296 g/mol. The third kappa shape index (κ3) is 2.72. The normalized spacial score (nSPS) is 10.6. The Bertz CT molecular complexity index is 848. The number of hydrogen-bond acceptors (Lipinski definition) is 5. The Balaban J connectivity index is 2.01. The third-order valence-corrected chi connectivity index (χ3v) is 3.21. The van der Waals surface area contributed by atoms with Crippen molar-refractivity contribution in [2.75, 3.05) is 0 Å². The van der Waals surface area contributed by atoms with Crippen LogP contribution in [0.15, 0.2) is 54.7 Å². The number of aromatic nitrogens is 1. The van der Waals surface area contributed by atoms with E-state index in [4.69, 9.17) is 9.84 Å². The Morgan fingerprint density at radius 2 is 2.05 bits per heavy atom. The lowest BCUT2D eigenvalue weighted by atomic mass is 10.2. The smallest absolute Gasteiger partial charge is 0.311 e. The van der Waals surface area contributed by atoms with Gasteiger partial charge in [-0.05, 0) is 42.0 Å². The number of nitrogens with zero attached hydrogens (tertiary/aromatic N) is 2. The zero-order valence-corrected chi connectivity index (χ0v) is 11.5. The van der Waals surface area contributed by atoms with Crippen molar-refractivity contribution in [3.8, 4) is 11.5 Å². The number of hydrogen-bond donors (Lipinski definition) is 1. The van der Waals surface area contributed by atoms with Crippen molar-refractivity contribution in [3.63, 3.8) is 0 Å². The molecule has 0 amide bonds. The second-order valence-corrected chi connectivity index (χ2v) is 4.68. The predicted molar refractivity (Wildman–Crippen MR) is 80.8 cm³/mol. The Morgan fingerprint density at radius 1 is 1.18 bits per heavy atom. The van der Waals surface area contributed by atoms with Gasteiger partial charge in [0.15, 0.2) is 0 Å². The molecule has 0 unspecified atom stereocenters. The Labute approximate surface area is 125 Å². The Kier molecular flexibility index (Phi) is 3.67. The molecule has 6 heteroatoms. The number of nitro benzene ring substituents is 1. The molecule has 1 aromatic heterocycles. The molecule has 0 aliphatic carbocycles. The van der Waals surface area contributed by atoms with Gasteiger partial charge in [0, 0.05) is 17.6 Å². The van der Waals surface area contributed by atoms with E-state index in [0.29, 0.717) is 11.3 Å².